The lowest BCUT2D eigenvalue weighted by Gasteiger charge is -2.14. The topological polar surface area (TPSA) is 87.0 Å². The zero-order chi connectivity index (χ0) is 16.4. The molecule has 0 fully saturated rings. The molecule has 0 aliphatic carbocycles. The summed E-state index contributed by atoms with van der Waals surface area (Å²) in [5.41, 5.74) is 2.01. The highest BCUT2D eigenvalue weighted by Gasteiger charge is 2.11. The van der Waals surface area contributed by atoms with Crippen molar-refractivity contribution in [3.8, 4) is 5.75 Å². The lowest BCUT2D eigenvalue weighted by Crippen LogP contribution is -2.14. The summed E-state index contributed by atoms with van der Waals surface area (Å²) >= 11 is 0. The van der Waals surface area contributed by atoms with Crippen molar-refractivity contribution >= 4 is 22.6 Å². The van der Waals surface area contributed by atoms with Gasteiger partial charge in [0.1, 0.15) is 5.75 Å². The molecule has 2 aromatic carbocycles. The van der Waals surface area contributed by atoms with Crippen LogP contribution >= 0.6 is 0 Å². The van der Waals surface area contributed by atoms with Gasteiger partial charge in [-0.25, -0.2) is 4.79 Å². The van der Waals surface area contributed by atoms with Gasteiger partial charge in [0, 0.05) is 5.56 Å². The van der Waals surface area contributed by atoms with Gasteiger partial charge in [0.25, 0.3) is 5.91 Å². The fourth-order valence-electron chi connectivity index (χ4n) is 2.29. The molecule has 0 atom stereocenters. The smallest absolute Gasteiger partial charge is 0.323 e. The van der Waals surface area contributed by atoms with Crippen LogP contribution in [0.5, 0.6) is 5.75 Å². The van der Waals surface area contributed by atoms with Crippen molar-refractivity contribution in [2.45, 2.75) is 20.0 Å². The van der Waals surface area contributed by atoms with Gasteiger partial charge in [-0.15, -0.1) is 0 Å². The molecule has 6 heteroatoms. The van der Waals surface area contributed by atoms with Gasteiger partial charge in [0.15, 0.2) is 0 Å². The first-order chi connectivity index (χ1) is 11.0. The number of anilines is 1. The monoisotopic (exact) mass is 311 g/mol. The van der Waals surface area contributed by atoms with Crippen molar-refractivity contribution in [1.29, 1.82) is 0 Å². The molecule has 3 N–H and O–H groups in total. The van der Waals surface area contributed by atoms with E-state index in [0.29, 0.717) is 28.0 Å². The zero-order valence-corrected chi connectivity index (χ0v) is 12.8. The Labute approximate surface area is 132 Å². The SMILES string of the molecule is CC(C)Oc1ccccc1NC(=O)c1ccc2[nH]c(=O)[nH]c2c1. The van der Waals surface area contributed by atoms with E-state index in [2.05, 4.69) is 15.3 Å². The van der Waals surface area contributed by atoms with Gasteiger partial charge >= 0.3 is 5.69 Å². The molecule has 1 amide bonds. The van der Waals surface area contributed by atoms with E-state index < -0.39 is 0 Å². The Morgan fingerprint density at radius 3 is 2.61 bits per heavy atom. The van der Waals surface area contributed by atoms with E-state index in [4.69, 9.17) is 4.74 Å². The number of nitrogens with one attached hydrogen (secondary N) is 3. The van der Waals surface area contributed by atoms with E-state index in [9.17, 15) is 9.59 Å². The number of fused-ring (bicyclic) bond motifs is 1. The molecule has 3 rings (SSSR count). The Kier molecular flexibility index (Phi) is 3.89. The van der Waals surface area contributed by atoms with E-state index in [1.807, 2.05) is 32.0 Å². The van der Waals surface area contributed by atoms with Crippen molar-refractivity contribution in [2.75, 3.05) is 5.32 Å². The third-order valence-electron chi connectivity index (χ3n) is 3.28. The molecule has 3 aromatic rings. The Hall–Kier alpha value is -3.02. The van der Waals surface area contributed by atoms with Crippen LogP contribution in [0.4, 0.5) is 5.69 Å². The van der Waals surface area contributed by atoms with Crippen LogP contribution in [0, 0.1) is 0 Å². The molecule has 118 valence electrons. The molecule has 1 aromatic heterocycles. The minimum atomic E-state index is -0.298. The number of H-pyrrole nitrogens is 2. The number of para-hydroxylation sites is 2. The zero-order valence-electron chi connectivity index (χ0n) is 12.8. The molecule has 0 aliphatic heterocycles. The van der Waals surface area contributed by atoms with Crippen LogP contribution in [0.1, 0.15) is 24.2 Å². The predicted molar refractivity (Wildman–Crippen MR) is 89.1 cm³/mol. The molecule has 0 saturated carbocycles. The Bertz CT molecular complexity index is 909. The molecule has 0 spiro atoms. The molecule has 0 radical (unpaired) electrons. The first kappa shape index (κ1) is 14.9. The van der Waals surface area contributed by atoms with Gasteiger partial charge in [-0.1, -0.05) is 12.1 Å². The van der Waals surface area contributed by atoms with E-state index in [-0.39, 0.29) is 17.7 Å². The number of aromatic nitrogens is 2. The molecule has 0 unspecified atom stereocenters. The second-order valence-electron chi connectivity index (χ2n) is 5.46. The Morgan fingerprint density at radius 1 is 1.09 bits per heavy atom. The van der Waals surface area contributed by atoms with Crippen LogP contribution in [-0.4, -0.2) is 22.0 Å². The van der Waals surface area contributed by atoms with Gasteiger partial charge in [0.05, 0.1) is 22.8 Å². The van der Waals surface area contributed by atoms with Gasteiger partial charge in [-0.3, -0.25) is 4.79 Å². The maximum absolute atomic E-state index is 12.4. The lowest BCUT2D eigenvalue weighted by molar-refractivity contribution is 0.102. The number of amides is 1. The van der Waals surface area contributed by atoms with Crippen LogP contribution in [-0.2, 0) is 0 Å². The standard InChI is InChI=1S/C17H17N3O3/c1-10(2)23-15-6-4-3-5-13(15)18-16(21)11-7-8-12-14(9-11)20-17(22)19-12/h3-10H,1-2H3,(H,18,21)(H2,19,20,22). The largest absolute Gasteiger partial charge is 0.489 e. The number of ether oxygens (including phenoxy) is 1. The third kappa shape index (κ3) is 3.26. The number of hydrogen-bond acceptors (Lipinski definition) is 3. The molecule has 23 heavy (non-hydrogen) atoms. The number of hydrogen-bond donors (Lipinski definition) is 3. The van der Waals surface area contributed by atoms with Gasteiger partial charge in [-0.05, 0) is 44.2 Å². The lowest BCUT2D eigenvalue weighted by atomic mass is 10.2. The molecular weight excluding hydrogens is 294 g/mol. The highest BCUT2D eigenvalue weighted by atomic mass is 16.5. The van der Waals surface area contributed by atoms with Crippen LogP contribution in [0.3, 0.4) is 0 Å². The quantitative estimate of drug-likeness (QED) is 0.692. The maximum Gasteiger partial charge on any atom is 0.323 e. The van der Waals surface area contributed by atoms with Crippen molar-refractivity contribution in [3.63, 3.8) is 0 Å². The summed E-state index contributed by atoms with van der Waals surface area (Å²) in [7, 11) is 0. The van der Waals surface area contributed by atoms with Crippen molar-refractivity contribution in [1.82, 2.24) is 9.97 Å². The minimum Gasteiger partial charge on any atom is -0.489 e. The summed E-state index contributed by atoms with van der Waals surface area (Å²) in [4.78, 5) is 29.0. The predicted octanol–water partition coefficient (Wildman–Crippen LogP) is 2.90. The van der Waals surface area contributed by atoms with Crippen LogP contribution in [0.2, 0.25) is 0 Å². The Balaban J connectivity index is 1.87. The summed E-state index contributed by atoms with van der Waals surface area (Å²) in [6.45, 7) is 3.85. The maximum atomic E-state index is 12.4. The van der Waals surface area contributed by atoms with Crippen LogP contribution in [0.15, 0.2) is 47.3 Å². The highest BCUT2D eigenvalue weighted by Crippen LogP contribution is 2.25. The van der Waals surface area contributed by atoms with E-state index in [1.165, 1.54) is 0 Å². The number of imidazole rings is 1. The van der Waals surface area contributed by atoms with Crippen molar-refractivity contribution in [2.24, 2.45) is 0 Å². The molecule has 1 heterocycles. The van der Waals surface area contributed by atoms with E-state index >= 15 is 0 Å². The fourth-order valence-corrected chi connectivity index (χ4v) is 2.29. The van der Waals surface area contributed by atoms with Crippen LogP contribution in [0.25, 0.3) is 11.0 Å². The van der Waals surface area contributed by atoms with E-state index in [0.717, 1.165) is 0 Å². The summed E-state index contributed by atoms with van der Waals surface area (Å²) in [6, 6.07) is 12.3. The second-order valence-corrected chi connectivity index (χ2v) is 5.46. The second kappa shape index (κ2) is 6.00. The summed E-state index contributed by atoms with van der Waals surface area (Å²) in [5, 5.41) is 2.84. The van der Waals surface area contributed by atoms with Gasteiger partial charge in [-0.2, -0.15) is 0 Å². The third-order valence-corrected chi connectivity index (χ3v) is 3.28. The number of carbonyl (C=O) groups excluding carboxylic acids is 1. The molecule has 6 nitrogen and oxygen atoms in total. The number of carbonyl (C=O) groups is 1. The summed E-state index contributed by atoms with van der Waals surface area (Å²) in [6.07, 6.45) is 0.00864. The van der Waals surface area contributed by atoms with Crippen molar-refractivity contribution < 1.29 is 9.53 Å². The molecular formula is C17H17N3O3. The first-order valence-electron chi connectivity index (χ1n) is 7.32. The highest BCUT2D eigenvalue weighted by molar-refractivity contribution is 6.06. The minimum absolute atomic E-state index is 0.00864. The molecule has 0 bridgehead atoms. The number of aromatic amines is 2. The molecule has 0 aliphatic rings. The average Bonchev–Trinajstić information content (AvgIpc) is 2.87. The number of rotatable bonds is 4. The normalized spacial score (nSPS) is 10.9. The fraction of sp³-hybridized carbons (Fsp3) is 0.176. The van der Waals surface area contributed by atoms with E-state index in [1.54, 1.807) is 24.3 Å². The molecule has 0 saturated heterocycles. The summed E-state index contributed by atoms with van der Waals surface area (Å²) < 4.78 is 5.69. The average molecular weight is 311 g/mol. The van der Waals surface area contributed by atoms with Crippen LogP contribution < -0.4 is 15.7 Å². The van der Waals surface area contributed by atoms with Gasteiger partial charge < -0.3 is 20.0 Å². The van der Waals surface area contributed by atoms with Gasteiger partial charge in [0.2, 0.25) is 0 Å². The Morgan fingerprint density at radius 2 is 1.83 bits per heavy atom. The first-order valence-corrected chi connectivity index (χ1v) is 7.32. The summed E-state index contributed by atoms with van der Waals surface area (Å²) in [5.74, 6) is 0.348. The van der Waals surface area contributed by atoms with Crippen molar-refractivity contribution in [3.05, 3.63) is 58.5 Å². The number of benzene rings is 2.